The average Bonchev–Trinajstić information content (AvgIpc) is 2.38. The minimum Gasteiger partial charge on any atom is -0.339 e. The number of nitrogens with zero attached hydrogens (tertiary/aromatic N) is 2. The van der Waals surface area contributed by atoms with Crippen LogP contribution in [0.4, 0.5) is 0 Å². The Morgan fingerprint density at radius 2 is 1.79 bits per heavy atom. The molecular formula is C13H16Cl2N2OS. The Balaban J connectivity index is 1.90. The van der Waals surface area contributed by atoms with E-state index in [1.807, 2.05) is 4.90 Å². The molecule has 1 aliphatic rings. The molecule has 0 unspecified atom stereocenters. The lowest BCUT2D eigenvalue weighted by Gasteiger charge is -2.32. The maximum Gasteiger partial charge on any atom is 0.233 e. The smallest absolute Gasteiger partial charge is 0.233 e. The van der Waals surface area contributed by atoms with Gasteiger partial charge in [0.25, 0.3) is 0 Å². The molecule has 6 heteroatoms. The lowest BCUT2D eigenvalue weighted by molar-refractivity contribution is -0.129. The summed E-state index contributed by atoms with van der Waals surface area (Å²) in [5.74, 6) is 0.529. The molecule has 2 rings (SSSR count). The highest BCUT2D eigenvalue weighted by atomic mass is 35.5. The first-order valence-corrected chi connectivity index (χ1v) is 7.85. The molecule has 0 aliphatic carbocycles. The van der Waals surface area contributed by atoms with E-state index in [0.717, 1.165) is 31.1 Å². The molecule has 1 aromatic rings. The van der Waals surface area contributed by atoms with Gasteiger partial charge in [-0.2, -0.15) is 0 Å². The summed E-state index contributed by atoms with van der Waals surface area (Å²) in [5, 5.41) is 1.20. The van der Waals surface area contributed by atoms with Gasteiger partial charge in [0.15, 0.2) is 0 Å². The predicted octanol–water partition coefficient (Wildman–Crippen LogP) is 2.86. The molecule has 0 bridgehead atoms. The Hall–Kier alpha value is -0.420. The summed E-state index contributed by atoms with van der Waals surface area (Å²) in [6, 6.07) is 5.38. The van der Waals surface area contributed by atoms with Crippen molar-refractivity contribution in [2.75, 3.05) is 39.0 Å². The summed E-state index contributed by atoms with van der Waals surface area (Å²) in [6.45, 7) is 3.46. The van der Waals surface area contributed by atoms with Crippen LogP contribution in [0.2, 0.25) is 10.0 Å². The van der Waals surface area contributed by atoms with Crippen LogP contribution in [0.5, 0.6) is 0 Å². The minimum atomic E-state index is 0.147. The standard InChI is InChI=1S/C13H16Cl2N2OS/c1-16-5-7-17(8-6-16)12(18)9-19-13-10(14)3-2-4-11(13)15/h2-4H,5-9H2,1H3. The van der Waals surface area contributed by atoms with Crippen LogP contribution in [0, 0.1) is 0 Å². The number of benzene rings is 1. The number of likely N-dealkylation sites (N-methyl/N-ethyl adjacent to an activating group) is 1. The third-order valence-electron chi connectivity index (χ3n) is 3.11. The van der Waals surface area contributed by atoms with E-state index in [1.165, 1.54) is 11.8 Å². The van der Waals surface area contributed by atoms with Gasteiger partial charge in [0.2, 0.25) is 5.91 Å². The van der Waals surface area contributed by atoms with Gasteiger partial charge >= 0.3 is 0 Å². The molecule has 104 valence electrons. The SMILES string of the molecule is CN1CCN(C(=O)CSc2c(Cl)cccc2Cl)CC1. The lowest BCUT2D eigenvalue weighted by Crippen LogP contribution is -2.47. The summed E-state index contributed by atoms with van der Waals surface area (Å²) in [4.78, 5) is 17.0. The molecule has 1 aliphatic heterocycles. The second-order valence-electron chi connectivity index (χ2n) is 4.52. The molecule has 1 amide bonds. The molecule has 1 heterocycles. The number of hydrogen-bond donors (Lipinski definition) is 0. The number of hydrogen-bond acceptors (Lipinski definition) is 3. The van der Waals surface area contributed by atoms with Crippen LogP contribution < -0.4 is 0 Å². The monoisotopic (exact) mass is 318 g/mol. The van der Waals surface area contributed by atoms with Gasteiger partial charge in [0.05, 0.1) is 15.8 Å². The number of amides is 1. The zero-order chi connectivity index (χ0) is 13.8. The van der Waals surface area contributed by atoms with Crippen molar-refractivity contribution in [2.24, 2.45) is 0 Å². The minimum absolute atomic E-state index is 0.147. The van der Waals surface area contributed by atoms with E-state index in [2.05, 4.69) is 11.9 Å². The fraction of sp³-hybridized carbons (Fsp3) is 0.462. The second kappa shape index (κ2) is 6.84. The van der Waals surface area contributed by atoms with E-state index in [4.69, 9.17) is 23.2 Å². The largest absolute Gasteiger partial charge is 0.339 e. The van der Waals surface area contributed by atoms with Crippen LogP contribution in [-0.4, -0.2) is 54.7 Å². The lowest BCUT2D eigenvalue weighted by atomic mass is 10.3. The number of carbonyl (C=O) groups excluding carboxylic acids is 1. The summed E-state index contributed by atoms with van der Waals surface area (Å²) in [7, 11) is 2.07. The van der Waals surface area contributed by atoms with E-state index < -0.39 is 0 Å². The molecular weight excluding hydrogens is 303 g/mol. The van der Waals surface area contributed by atoms with E-state index in [-0.39, 0.29) is 5.91 Å². The zero-order valence-electron chi connectivity index (χ0n) is 10.7. The van der Waals surface area contributed by atoms with Gasteiger partial charge in [-0.25, -0.2) is 0 Å². The molecule has 1 aromatic carbocycles. The molecule has 19 heavy (non-hydrogen) atoms. The normalized spacial score (nSPS) is 16.7. The Kier molecular flexibility index (Phi) is 5.39. The highest BCUT2D eigenvalue weighted by Gasteiger charge is 2.19. The maximum absolute atomic E-state index is 12.1. The van der Waals surface area contributed by atoms with E-state index in [9.17, 15) is 4.79 Å². The molecule has 1 saturated heterocycles. The van der Waals surface area contributed by atoms with Crippen LogP contribution in [0.3, 0.4) is 0 Å². The van der Waals surface area contributed by atoms with Crippen LogP contribution in [0.25, 0.3) is 0 Å². The van der Waals surface area contributed by atoms with Crippen molar-refractivity contribution in [3.05, 3.63) is 28.2 Å². The zero-order valence-corrected chi connectivity index (χ0v) is 13.1. The summed E-state index contributed by atoms with van der Waals surface area (Å²) in [6.07, 6.45) is 0. The summed E-state index contributed by atoms with van der Waals surface area (Å²) < 4.78 is 0. The molecule has 0 radical (unpaired) electrons. The van der Waals surface area contributed by atoms with Crippen molar-refractivity contribution in [2.45, 2.75) is 4.90 Å². The Bertz CT molecular complexity index is 442. The van der Waals surface area contributed by atoms with E-state index >= 15 is 0 Å². The van der Waals surface area contributed by atoms with Crippen molar-refractivity contribution in [1.82, 2.24) is 9.80 Å². The van der Waals surface area contributed by atoms with Gasteiger partial charge in [0.1, 0.15) is 0 Å². The van der Waals surface area contributed by atoms with Gasteiger partial charge in [-0.1, -0.05) is 29.3 Å². The average molecular weight is 319 g/mol. The van der Waals surface area contributed by atoms with Crippen molar-refractivity contribution in [1.29, 1.82) is 0 Å². The Morgan fingerprint density at radius 1 is 1.21 bits per heavy atom. The van der Waals surface area contributed by atoms with Crippen molar-refractivity contribution in [3.63, 3.8) is 0 Å². The van der Waals surface area contributed by atoms with Gasteiger partial charge < -0.3 is 9.80 Å². The third-order valence-corrected chi connectivity index (χ3v) is 5.09. The number of piperazine rings is 1. The Labute approximate surface area is 127 Å². The molecule has 0 N–H and O–H groups in total. The van der Waals surface area contributed by atoms with Gasteiger partial charge in [0, 0.05) is 31.1 Å². The molecule has 0 saturated carbocycles. The highest BCUT2D eigenvalue weighted by Crippen LogP contribution is 2.33. The van der Waals surface area contributed by atoms with Gasteiger partial charge in [-0.05, 0) is 19.2 Å². The van der Waals surface area contributed by atoms with Crippen molar-refractivity contribution in [3.8, 4) is 0 Å². The number of thioether (sulfide) groups is 1. The maximum atomic E-state index is 12.1. The van der Waals surface area contributed by atoms with Crippen LogP contribution >= 0.6 is 35.0 Å². The number of halogens is 2. The van der Waals surface area contributed by atoms with Gasteiger partial charge in [-0.3, -0.25) is 4.79 Å². The fourth-order valence-electron chi connectivity index (χ4n) is 1.90. The van der Waals surface area contributed by atoms with E-state index in [0.29, 0.717) is 15.8 Å². The summed E-state index contributed by atoms with van der Waals surface area (Å²) in [5.41, 5.74) is 0. The first kappa shape index (κ1) is 15.0. The number of carbonyl (C=O) groups is 1. The van der Waals surface area contributed by atoms with Crippen molar-refractivity contribution >= 4 is 40.9 Å². The molecule has 0 aromatic heterocycles. The summed E-state index contributed by atoms with van der Waals surface area (Å²) >= 11 is 13.6. The molecule has 1 fully saturated rings. The third kappa shape index (κ3) is 4.02. The van der Waals surface area contributed by atoms with Crippen LogP contribution in [0.15, 0.2) is 23.1 Å². The Morgan fingerprint density at radius 3 is 2.37 bits per heavy atom. The first-order valence-electron chi connectivity index (χ1n) is 6.11. The van der Waals surface area contributed by atoms with Crippen molar-refractivity contribution < 1.29 is 4.79 Å². The molecule has 0 atom stereocenters. The topological polar surface area (TPSA) is 23.6 Å². The first-order chi connectivity index (χ1) is 9.08. The van der Waals surface area contributed by atoms with E-state index in [1.54, 1.807) is 18.2 Å². The second-order valence-corrected chi connectivity index (χ2v) is 6.32. The van der Waals surface area contributed by atoms with Gasteiger partial charge in [-0.15, -0.1) is 11.8 Å². The quantitative estimate of drug-likeness (QED) is 0.801. The highest BCUT2D eigenvalue weighted by molar-refractivity contribution is 8.00. The predicted molar refractivity (Wildman–Crippen MR) is 81.3 cm³/mol. The molecule has 0 spiro atoms. The van der Waals surface area contributed by atoms with Crippen LogP contribution in [0.1, 0.15) is 0 Å². The fourth-order valence-corrected chi connectivity index (χ4v) is 3.49. The number of rotatable bonds is 3. The van der Waals surface area contributed by atoms with Crippen LogP contribution in [-0.2, 0) is 4.79 Å². The molecule has 3 nitrogen and oxygen atoms in total.